The molecule has 158 valence electrons. The summed E-state index contributed by atoms with van der Waals surface area (Å²) in [5.41, 5.74) is 4.85. The van der Waals surface area contributed by atoms with Gasteiger partial charge in [0.25, 0.3) is 5.91 Å². The molecule has 1 N–H and O–H groups in total. The average molecular weight is 422 g/mol. The number of hydrogen-bond donors (Lipinski definition) is 1. The highest BCUT2D eigenvalue weighted by molar-refractivity contribution is 6.00. The molecule has 0 aliphatic carbocycles. The van der Waals surface area contributed by atoms with Gasteiger partial charge in [-0.1, -0.05) is 54.6 Å². The molecule has 0 bridgehead atoms. The van der Waals surface area contributed by atoms with Gasteiger partial charge in [0.05, 0.1) is 11.3 Å². The van der Waals surface area contributed by atoms with E-state index in [0.29, 0.717) is 23.6 Å². The average Bonchev–Trinajstić information content (AvgIpc) is 3.28. The quantitative estimate of drug-likeness (QED) is 0.469. The lowest BCUT2D eigenvalue weighted by molar-refractivity contribution is 0.0951. The SMILES string of the molecule is Cc1ccccc1-c1nn(-c2ccccc2)cc1C(=O)NCc1cccc(OCC#N)c1. The molecule has 0 atom stereocenters. The van der Waals surface area contributed by atoms with Gasteiger partial charge < -0.3 is 10.1 Å². The highest BCUT2D eigenvalue weighted by atomic mass is 16.5. The maximum atomic E-state index is 13.2. The molecule has 0 saturated heterocycles. The number of aromatic nitrogens is 2. The van der Waals surface area contributed by atoms with Gasteiger partial charge in [-0.15, -0.1) is 0 Å². The maximum absolute atomic E-state index is 13.2. The number of hydrogen-bond acceptors (Lipinski definition) is 4. The highest BCUT2D eigenvalue weighted by Crippen LogP contribution is 2.26. The van der Waals surface area contributed by atoms with Crippen molar-refractivity contribution in [1.29, 1.82) is 5.26 Å². The van der Waals surface area contributed by atoms with Crippen molar-refractivity contribution in [3.8, 4) is 28.8 Å². The number of rotatable bonds is 7. The zero-order valence-corrected chi connectivity index (χ0v) is 17.7. The lowest BCUT2D eigenvalue weighted by atomic mass is 10.0. The number of nitrogens with one attached hydrogen (secondary N) is 1. The number of nitrogens with zero attached hydrogens (tertiary/aromatic N) is 3. The molecule has 1 amide bonds. The van der Waals surface area contributed by atoms with Crippen LogP contribution >= 0.6 is 0 Å². The molecular formula is C26H22N4O2. The van der Waals surface area contributed by atoms with E-state index in [-0.39, 0.29) is 12.5 Å². The van der Waals surface area contributed by atoms with Gasteiger partial charge >= 0.3 is 0 Å². The number of aryl methyl sites for hydroxylation is 1. The van der Waals surface area contributed by atoms with Crippen LogP contribution in [0.15, 0.2) is 85.1 Å². The number of carbonyl (C=O) groups excluding carboxylic acids is 1. The van der Waals surface area contributed by atoms with Crippen LogP contribution in [0.4, 0.5) is 0 Å². The molecule has 1 aromatic heterocycles. The van der Waals surface area contributed by atoms with Crippen molar-refractivity contribution in [2.75, 3.05) is 6.61 Å². The second-order valence-corrected chi connectivity index (χ2v) is 7.26. The van der Waals surface area contributed by atoms with Crippen molar-refractivity contribution in [2.45, 2.75) is 13.5 Å². The Morgan fingerprint density at radius 1 is 1.06 bits per heavy atom. The number of nitriles is 1. The first-order chi connectivity index (χ1) is 15.7. The molecule has 0 spiro atoms. The first kappa shape index (κ1) is 20.9. The van der Waals surface area contributed by atoms with Crippen molar-refractivity contribution in [1.82, 2.24) is 15.1 Å². The molecule has 6 heteroatoms. The van der Waals surface area contributed by atoms with Crippen LogP contribution in [0.3, 0.4) is 0 Å². The number of amides is 1. The van der Waals surface area contributed by atoms with E-state index in [4.69, 9.17) is 15.1 Å². The van der Waals surface area contributed by atoms with Gasteiger partial charge in [-0.2, -0.15) is 10.4 Å². The minimum Gasteiger partial charge on any atom is -0.479 e. The highest BCUT2D eigenvalue weighted by Gasteiger charge is 2.19. The van der Waals surface area contributed by atoms with Crippen LogP contribution in [0.1, 0.15) is 21.5 Å². The summed E-state index contributed by atoms with van der Waals surface area (Å²) in [7, 11) is 0. The van der Waals surface area contributed by atoms with Crippen LogP contribution in [-0.4, -0.2) is 22.3 Å². The van der Waals surface area contributed by atoms with E-state index in [1.807, 2.05) is 85.8 Å². The van der Waals surface area contributed by atoms with Gasteiger partial charge in [0.1, 0.15) is 17.5 Å². The van der Waals surface area contributed by atoms with E-state index >= 15 is 0 Å². The first-order valence-electron chi connectivity index (χ1n) is 10.2. The minimum absolute atomic E-state index is 0.0196. The smallest absolute Gasteiger partial charge is 0.255 e. The Morgan fingerprint density at radius 2 is 1.84 bits per heavy atom. The molecular weight excluding hydrogens is 400 g/mol. The zero-order chi connectivity index (χ0) is 22.3. The summed E-state index contributed by atoms with van der Waals surface area (Å²) < 4.78 is 7.07. The Labute approximate surface area is 186 Å². The molecule has 1 heterocycles. The van der Waals surface area contributed by atoms with Crippen LogP contribution in [0.5, 0.6) is 5.75 Å². The number of carbonyl (C=O) groups is 1. The predicted molar refractivity (Wildman–Crippen MR) is 122 cm³/mol. The Morgan fingerprint density at radius 3 is 2.62 bits per heavy atom. The van der Waals surface area contributed by atoms with Crippen molar-refractivity contribution in [2.24, 2.45) is 0 Å². The number of para-hydroxylation sites is 1. The monoisotopic (exact) mass is 422 g/mol. The molecule has 0 radical (unpaired) electrons. The largest absolute Gasteiger partial charge is 0.479 e. The van der Waals surface area contributed by atoms with Crippen molar-refractivity contribution >= 4 is 5.91 Å². The van der Waals surface area contributed by atoms with E-state index in [0.717, 1.165) is 22.4 Å². The third-order valence-electron chi connectivity index (χ3n) is 5.03. The summed E-state index contributed by atoms with van der Waals surface area (Å²) in [5.74, 6) is 0.379. The first-order valence-corrected chi connectivity index (χ1v) is 10.2. The molecule has 0 fully saturated rings. The fourth-order valence-electron chi connectivity index (χ4n) is 3.43. The van der Waals surface area contributed by atoms with Crippen LogP contribution < -0.4 is 10.1 Å². The molecule has 3 aromatic carbocycles. The van der Waals surface area contributed by atoms with Crippen molar-refractivity contribution in [3.63, 3.8) is 0 Å². The van der Waals surface area contributed by atoms with E-state index in [1.54, 1.807) is 16.9 Å². The van der Waals surface area contributed by atoms with Gasteiger partial charge in [-0.05, 0) is 42.3 Å². The Bertz CT molecular complexity index is 1270. The van der Waals surface area contributed by atoms with E-state index < -0.39 is 0 Å². The molecule has 4 rings (SSSR count). The van der Waals surface area contributed by atoms with E-state index in [1.165, 1.54) is 0 Å². The lowest BCUT2D eigenvalue weighted by Gasteiger charge is -2.08. The summed E-state index contributed by atoms with van der Waals surface area (Å²) in [6.45, 7) is 2.31. The summed E-state index contributed by atoms with van der Waals surface area (Å²) in [6, 6.07) is 26.9. The lowest BCUT2D eigenvalue weighted by Crippen LogP contribution is -2.23. The van der Waals surface area contributed by atoms with Gasteiger partial charge in [0, 0.05) is 18.3 Å². The van der Waals surface area contributed by atoms with Crippen LogP contribution in [-0.2, 0) is 6.54 Å². The third kappa shape index (κ3) is 4.68. The minimum atomic E-state index is -0.214. The molecule has 0 saturated carbocycles. The van der Waals surface area contributed by atoms with Gasteiger partial charge in [-0.25, -0.2) is 4.68 Å². The molecule has 0 aliphatic rings. The molecule has 0 unspecified atom stereocenters. The molecule has 6 nitrogen and oxygen atoms in total. The van der Waals surface area contributed by atoms with Crippen LogP contribution in [0, 0.1) is 18.3 Å². The van der Waals surface area contributed by atoms with Crippen LogP contribution in [0.2, 0.25) is 0 Å². The van der Waals surface area contributed by atoms with E-state index in [9.17, 15) is 4.79 Å². The second-order valence-electron chi connectivity index (χ2n) is 7.26. The standard InChI is InChI=1S/C26H22N4O2/c1-19-8-5-6-13-23(19)25-24(18-30(29-25)21-10-3-2-4-11-21)26(31)28-17-20-9-7-12-22(16-20)32-15-14-27/h2-13,16,18H,15,17H2,1H3,(H,28,31). The van der Waals surface area contributed by atoms with Crippen molar-refractivity contribution < 1.29 is 9.53 Å². The molecule has 0 aliphatic heterocycles. The summed E-state index contributed by atoms with van der Waals surface area (Å²) in [6.07, 6.45) is 1.76. The third-order valence-corrected chi connectivity index (χ3v) is 5.03. The van der Waals surface area contributed by atoms with Gasteiger partial charge in [0.15, 0.2) is 6.61 Å². The van der Waals surface area contributed by atoms with Crippen LogP contribution in [0.25, 0.3) is 16.9 Å². The Balaban J connectivity index is 1.62. The Kier molecular flexibility index (Phi) is 6.28. The van der Waals surface area contributed by atoms with Gasteiger partial charge in [0.2, 0.25) is 0 Å². The normalized spacial score (nSPS) is 10.4. The maximum Gasteiger partial charge on any atom is 0.255 e. The zero-order valence-electron chi connectivity index (χ0n) is 17.7. The fraction of sp³-hybridized carbons (Fsp3) is 0.115. The Hall–Kier alpha value is -4.37. The van der Waals surface area contributed by atoms with E-state index in [2.05, 4.69) is 5.32 Å². The molecule has 4 aromatic rings. The van der Waals surface area contributed by atoms with Crippen molar-refractivity contribution in [3.05, 3.63) is 102 Å². The van der Waals surface area contributed by atoms with Gasteiger partial charge in [-0.3, -0.25) is 4.79 Å². The summed E-state index contributed by atoms with van der Waals surface area (Å²) in [4.78, 5) is 13.2. The predicted octanol–water partition coefficient (Wildman–Crippen LogP) is 4.68. The second kappa shape index (κ2) is 9.63. The summed E-state index contributed by atoms with van der Waals surface area (Å²) >= 11 is 0. The number of benzene rings is 3. The molecule has 32 heavy (non-hydrogen) atoms. The fourth-order valence-corrected chi connectivity index (χ4v) is 3.43. The number of ether oxygens (including phenoxy) is 1. The summed E-state index contributed by atoms with van der Waals surface area (Å²) in [5, 5.41) is 16.4. The topological polar surface area (TPSA) is 79.9 Å².